The molecule has 2 aromatic heterocycles. The van der Waals surface area contributed by atoms with Gasteiger partial charge in [-0.2, -0.15) is 10.2 Å². The first kappa shape index (κ1) is 16.7. The molecule has 7 heteroatoms. The number of nitrogens with one attached hydrogen (secondary N) is 1. The van der Waals surface area contributed by atoms with Crippen LogP contribution in [0.1, 0.15) is 29.9 Å². The maximum atomic E-state index is 11.8. The topological polar surface area (TPSA) is 64.7 Å². The fourth-order valence-electron chi connectivity index (χ4n) is 2.27. The number of aromatic nitrogens is 4. The molecule has 2 rings (SSSR count). The van der Waals surface area contributed by atoms with Gasteiger partial charge in [-0.05, 0) is 49.2 Å². The van der Waals surface area contributed by atoms with Crippen molar-refractivity contribution in [3.8, 4) is 0 Å². The molecule has 0 aliphatic carbocycles. The lowest BCUT2D eigenvalue weighted by Crippen LogP contribution is -2.26. The average Bonchev–Trinajstić information content (AvgIpc) is 2.95. The molecule has 0 aromatic carbocycles. The van der Waals surface area contributed by atoms with Crippen LogP contribution in [-0.4, -0.2) is 32.0 Å². The van der Waals surface area contributed by atoms with Gasteiger partial charge in [0.05, 0.1) is 15.9 Å². The number of amides is 1. The van der Waals surface area contributed by atoms with E-state index in [-0.39, 0.29) is 5.91 Å². The van der Waals surface area contributed by atoms with Crippen LogP contribution in [0, 0.1) is 20.8 Å². The Balaban J connectivity index is 1.64. The van der Waals surface area contributed by atoms with Crippen LogP contribution in [-0.2, 0) is 17.9 Å². The third-order valence-corrected chi connectivity index (χ3v) is 4.21. The molecule has 0 bridgehead atoms. The van der Waals surface area contributed by atoms with Crippen LogP contribution in [0.3, 0.4) is 0 Å². The highest BCUT2D eigenvalue weighted by Crippen LogP contribution is 2.13. The summed E-state index contributed by atoms with van der Waals surface area (Å²) in [6.07, 6.45) is 3.21. The minimum absolute atomic E-state index is 0.0534. The van der Waals surface area contributed by atoms with Gasteiger partial charge in [0.2, 0.25) is 5.91 Å². The van der Waals surface area contributed by atoms with Gasteiger partial charge < -0.3 is 5.32 Å². The van der Waals surface area contributed by atoms with Gasteiger partial charge in [-0.25, -0.2) is 0 Å². The summed E-state index contributed by atoms with van der Waals surface area (Å²) in [5, 5.41) is 11.6. The van der Waals surface area contributed by atoms with Crippen LogP contribution in [0.5, 0.6) is 0 Å². The van der Waals surface area contributed by atoms with E-state index in [1.54, 1.807) is 4.68 Å². The number of hydrogen-bond acceptors (Lipinski definition) is 3. The van der Waals surface area contributed by atoms with Crippen molar-refractivity contribution in [2.24, 2.45) is 0 Å². The van der Waals surface area contributed by atoms with Gasteiger partial charge in [0.15, 0.2) is 0 Å². The number of hydrogen-bond donors (Lipinski definition) is 1. The first-order chi connectivity index (χ1) is 10.5. The van der Waals surface area contributed by atoms with E-state index in [0.717, 1.165) is 34.5 Å². The molecular weight excluding hydrogens is 346 g/mol. The highest BCUT2D eigenvalue weighted by molar-refractivity contribution is 9.10. The Hall–Kier alpha value is -1.63. The molecule has 120 valence electrons. The monoisotopic (exact) mass is 367 g/mol. The van der Waals surface area contributed by atoms with E-state index in [1.165, 1.54) is 0 Å². The Bertz CT molecular complexity index is 627. The van der Waals surface area contributed by atoms with Gasteiger partial charge in [0, 0.05) is 37.9 Å². The van der Waals surface area contributed by atoms with Crippen LogP contribution in [0.2, 0.25) is 0 Å². The van der Waals surface area contributed by atoms with E-state index in [1.807, 2.05) is 31.6 Å². The third-order valence-electron chi connectivity index (χ3n) is 3.43. The minimum Gasteiger partial charge on any atom is -0.356 e. The molecule has 0 aliphatic heterocycles. The zero-order valence-corrected chi connectivity index (χ0v) is 14.9. The second-order valence-corrected chi connectivity index (χ2v) is 6.28. The number of carbonyl (C=O) groups is 1. The number of nitrogens with zero attached hydrogens (tertiary/aromatic N) is 4. The Kier molecular flexibility index (Phi) is 5.76. The molecule has 0 fully saturated rings. The lowest BCUT2D eigenvalue weighted by atomic mass is 10.3. The summed E-state index contributed by atoms with van der Waals surface area (Å²) in [7, 11) is 0. The molecule has 0 saturated heterocycles. The molecule has 0 aliphatic rings. The van der Waals surface area contributed by atoms with Crippen molar-refractivity contribution in [2.45, 2.75) is 46.7 Å². The van der Waals surface area contributed by atoms with E-state index >= 15 is 0 Å². The molecule has 0 unspecified atom stereocenters. The molecule has 22 heavy (non-hydrogen) atoms. The Morgan fingerprint density at radius 1 is 1.27 bits per heavy atom. The molecule has 2 aromatic rings. The summed E-state index contributed by atoms with van der Waals surface area (Å²) in [6.45, 7) is 8.04. The molecular formula is C15H22BrN5O. The zero-order chi connectivity index (χ0) is 16.1. The second-order valence-electron chi connectivity index (χ2n) is 5.43. The average molecular weight is 368 g/mol. The normalized spacial score (nSPS) is 10.9. The van der Waals surface area contributed by atoms with Crippen LogP contribution in [0.15, 0.2) is 16.7 Å². The Morgan fingerprint density at radius 2 is 2.05 bits per heavy atom. The van der Waals surface area contributed by atoms with Gasteiger partial charge in [-0.3, -0.25) is 14.2 Å². The molecule has 2 heterocycles. The first-order valence-corrected chi connectivity index (χ1v) is 8.22. The van der Waals surface area contributed by atoms with E-state index in [2.05, 4.69) is 37.5 Å². The first-order valence-electron chi connectivity index (χ1n) is 7.43. The molecule has 6 nitrogen and oxygen atoms in total. The number of rotatable bonds is 7. The van der Waals surface area contributed by atoms with Crippen molar-refractivity contribution in [1.82, 2.24) is 24.9 Å². The van der Waals surface area contributed by atoms with E-state index in [4.69, 9.17) is 0 Å². The highest BCUT2D eigenvalue weighted by atomic mass is 79.9. The summed E-state index contributed by atoms with van der Waals surface area (Å²) >= 11 is 3.41. The standard InChI is InChI=1S/C15H22BrN5O/c1-11-9-12(2)21(18-11)7-4-6-17-15(22)5-8-20-10-14(16)13(3)19-20/h9-10H,4-8H2,1-3H3,(H,17,22). The predicted octanol–water partition coefficient (Wildman–Crippen LogP) is 2.36. The summed E-state index contributed by atoms with van der Waals surface area (Å²) < 4.78 is 4.73. The van der Waals surface area contributed by atoms with Crippen LogP contribution < -0.4 is 5.32 Å². The van der Waals surface area contributed by atoms with E-state index in [0.29, 0.717) is 19.5 Å². The summed E-state index contributed by atoms with van der Waals surface area (Å²) in [6, 6.07) is 2.06. The van der Waals surface area contributed by atoms with Gasteiger partial charge in [-0.15, -0.1) is 0 Å². The number of carbonyl (C=O) groups excluding carboxylic acids is 1. The highest BCUT2D eigenvalue weighted by Gasteiger charge is 2.05. The lowest BCUT2D eigenvalue weighted by molar-refractivity contribution is -0.121. The van der Waals surface area contributed by atoms with Crippen molar-refractivity contribution >= 4 is 21.8 Å². The quantitative estimate of drug-likeness (QED) is 0.764. The molecule has 1 amide bonds. The van der Waals surface area contributed by atoms with Crippen molar-refractivity contribution in [3.05, 3.63) is 33.8 Å². The molecule has 0 radical (unpaired) electrons. The van der Waals surface area contributed by atoms with Gasteiger partial charge in [0.25, 0.3) is 0 Å². The molecule has 1 N–H and O–H groups in total. The van der Waals surface area contributed by atoms with Crippen LogP contribution in [0.4, 0.5) is 0 Å². The largest absolute Gasteiger partial charge is 0.356 e. The zero-order valence-electron chi connectivity index (χ0n) is 13.3. The SMILES string of the molecule is Cc1cc(C)n(CCCNC(=O)CCn2cc(Br)c(C)n2)n1. The summed E-state index contributed by atoms with van der Waals surface area (Å²) in [4.78, 5) is 11.8. The number of aryl methyl sites for hydroxylation is 5. The van der Waals surface area contributed by atoms with Crippen LogP contribution in [0.25, 0.3) is 0 Å². The molecule has 0 atom stereocenters. The van der Waals surface area contributed by atoms with Crippen molar-refractivity contribution in [3.63, 3.8) is 0 Å². The van der Waals surface area contributed by atoms with Crippen molar-refractivity contribution < 1.29 is 4.79 Å². The van der Waals surface area contributed by atoms with E-state index < -0.39 is 0 Å². The summed E-state index contributed by atoms with van der Waals surface area (Å²) in [5.41, 5.74) is 3.12. The van der Waals surface area contributed by atoms with Crippen LogP contribution >= 0.6 is 15.9 Å². The third kappa shape index (κ3) is 4.69. The van der Waals surface area contributed by atoms with Crippen molar-refractivity contribution in [2.75, 3.05) is 6.54 Å². The molecule has 0 saturated carbocycles. The number of halogens is 1. The summed E-state index contributed by atoms with van der Waals surface area (Å²) in [5.74, 6) is 0.0534. The smallest absolute Gasteiger partial charge is 0.221 e. The maximum Gasteiger partial charge on any atom is 0.221 e. The van der Waals surface area contributed by atoms with E-state index in [9.17, 15) is 4.79 Å². The lowest BCUT2D eigenvalue weighted by Gasteiger charge is -2.07. The van der Waals surface area contributed by atoms with Gasteiger partial charge in [-0.1, -0.05) is 0 Å². The fraction of sp³-hybridized carbons (Fsp3) is 0.533. The molecule has 0 spiro atoms. The maximum absolute atomic E-state index is 11.8. The van der Waals surface area contributed by atoms with Crippen molar-refractivity contribution in [1.29, 1.82) is 0 Å². The predicted molar refractivity (Wildman–Crippen MR) is 88.6 cm³/mol. The Labute approximate surface area is 139 Å². The van der Waals surface area contributed by atoms with Gasteiger partial charge in [0.1, 0.15) is 0 Å². The second kappa shape index (κ2) is 7.58. The minimum atomic E-state index is 0.0534. The van der Waals surface area contributed by atoms with Gasteiger partial charge >= 0.3 is 0 Å². The fourth-order valence-corrected chi connectivity index (χ4v) is 2.59. The Morgan fingerprint density at radius 3 is 2.64 bits per heavy atom.